The Morgan fingerprint density at radius 3 is 1.80 bits per heavy atom. The fraction of sp³-hybridized carbons (Fsp3) is 0.0820. The summed E-state index contributed by atoms with van der Waals surface area (Å²) in [5, 5.41) is 7.80. The van der Waals surface area contributed by atoms with Crippen molar-refractivity contribution in [2.75, 3.05) is 0 Å². The van der Waals surface area contributed by atoms with Gasteiger partial charge in [0, 0.05) is 89.3 Å². The normalized spacial score (nSPS) is 14.7. The standard InChI is InChI=1S/C61H44N4/c1-3-15-40(16-4-1)39-62-54-31-27-41(35-50(54)52-37-44(29-33-55(52)62)64-56-23-11-7-19-46(56)47-20-8-12-24-57(47)64)42-28-32-60-51(36-42)53-38-45(30-34-61(53)63(60)43-17-5-2-6-18-43)65-58-25-13-9-21-48(58)49-22-10-14-26-59(49)65/h1-11,13-23,25-37,45H,12,24,38-39H2. The molecule has 0 saturated carbocycles. The zero-order chi connectivity index (χ0) is 42.6. The highest BCUT2D eigenvalue weighted by Gasteiger charge is 2.27. The summed E-state index contributed by atoms with van der Waals surface area (Å²) >= 11 is 0. The molecule has 0 bridgehead atoms. The van der Waals surface area contributed by atoms with E-state index < -0.39 is 0 Å². The minimum atomic E-state index is 0.172. The van der Waals surface area contributed by atoms with Crippen LogP contribution in [-0.4, -0.2) is 18.3 Å². The molecule has 4 heterocycles. The van der Waals surface area contributed by atoms with Crippen molar-refractivity contribution in [3.05, 3.63) is 228 Å². The summed E-state index contributed by atoms with van der Waals surface area (Å²) in [4.78, 5) is 0. The third kappa shape index (κ3) is 5.50. The molecule has 2 aliphatic rings. The van der Waals surface area contributed by atoms with Crippen LogP contribution in [0.5, 0.6) is 0 Å². The predicted molar refractivity (Wildman–Crippen MR) is 273 cm³/mol. The van der Waals surface area contributed by atoms with E-state index in [9.17, 15) is 0 Å². The van der Waals surface area contributed by atoms with Gasteiger partial charge < -0.3 is 18.3 Å². The van der Waals surface area contributed by atoms with Crippen LogP contribution in [0.4, 0.5) is 0 Å². The molecule has 65 heavy (non-hydrogen) atoms. The fourth-order valence-corrected chi connectivity index (χ4v) is 11.6. The average Bonchev–Trinajstić information content (AvgIpc) is 4.09. The number of rotatable bonds is 6. The van der Waals surface area contributed by atoms with Crippen molar-refractivity contribution in [3.8, 4) is 22.5 Å². The summed E-state index contributed by atoms with van der Waals surface area (Å²) in [7, 11) is 0. The Morgan fingerprint density at radius 1 is 0.446 bits per heavy atom. The number of aromatic nitrogens is 4. The van der Waals surface area contributed by atoms with Gasteiger partial charge in [0.05, 0.1) is 17.1 Å². The van der Waals surface area contributed by atoms with Crippen LogP contribution in [-0.2, 0) is 19.4 Å². The molecule has 308 valence electrons. The van der Waals surface area contributed by atoms with E-state index in [1.54, 1.807) is 0 Å². The van der Waals surface area contributed by atoms with Crippen molar-refractivity contribution in [1.29, 1.82) is 0 Å². The summed E-state index contributed by atoms with van der Waals surface area (Å²) in [5.74, 6) is 0. The lowest BCUT2D eigenvalue weighted by Crippen LogP contribution is -2.13. The smallest absolute Gasteiger partial charge is 0.0567 e. The number of hydrogen-bond donors (Lipinski definition) is 0. The topological polar surface area (TPSA) is 19.7 Å². The second-order valence-electron chi connectivity index (χ2n) is 18.0. The SMILES string of the molecule is C1=Cc2c(n(-c3ccc4c(c3)c3cc(-c5ccc6c(c5)c5c(n6-c6ccccc6)C=CC(n6c7ccccc7c7ccccc76)C5)ccc3n4Cc3ccccc3)c3ccccc23)CC1. The molecular formula is C61H44N4. The van der Waals surface area contributed by atoms with Crippen LogP contribution in [0.2, 0.25) is 0 Å². The summed E-state index contributed by atoms with van der Waals surface area (Å²) in [5.41, 5.74) is 19.1. The van der Waals surface area contributed by atoms with E-state index in [1.165, 1.54) is 116 Å². The highest BCUT2D eigenvalue weighted by molar-refractivity contribution is 6.11. The fourth-order valence-electron chi connectivity index (χ4n) is 11.6. The molecule has 4 aromatic heterocycles. The highest BCUT2D eigenvalue weighted by atomic mass is 15.0. The van der Waals surface area contributed by atoms with Crippen LogP contribution >= 0.6 is 0 Å². The Morgan fingerprint density at radius 2 is 1.05 bits per heavy atom. The first-order valence-corrected chi connectivity index (χ1v) is 23.0. The number of hydrogen-bond acceptors (Lipinski definition) is 0. The second kappa shape index (κ2) is 14.2. The van der Waals surface area contributed by atoms with Crippen molar-refractivity contribution in [1.82, 2.24) is 18.3 Å². The lowest BCUT2D eigenvalue weighted by Gasteiger charge is -2.22. The number of allylic oxidation sites excluding steroid dienone is 2. The molecule has 2 aliphatic carbocycles. The molecule has 0 radical (unpaired) electrons. The van der Waals surface area contributed by atoms with Gasteiger partial charge in [-0.15, -0.1) is 0 Å². The molecule has 0 spiro atoms. The molecule has 8 aromatic carbocycles. The van der Waals surface area contributed by atoms with Gasteiger partial charge in [-0.3, -0.25) is 0 Å². The summed E-state index contributed by atoms with van der Waals surface area (Å²) in [6.07, 6.45) is 12.5. The Balaban J connectivity index is 0.954. The second-order valence-corrected chi connectivity index (χ2v) is 18.0. The molecule has 14 rings (SSSR count). The maximum absolute atomic E-state index is 2.57. The van der Waals surface area contributed by atoms with Gasteiger partial charge in [-0.2, -0.15) is 0 Å². The lowest BCUT2D eigenvalue weighted by atomic mass is 9.94. The number of fused-ring (bicyclic) bond motifs is 12. The van der Waals surface area contributed by atoms with E-state index in [1.807, 2.05) is 0 Å². The molecule has 4 heteroatoms. The van der Waals surface area contributed by atoms with E-state index in [4.69, 9.17) is 0 Å². The first kappa shape index (κ1) is 36.4. The average molecular weight is 833 g/mol. The molecule has 0 saturated heterocycles. The quantitative estimate of drug-likeness (QED) is 0.159. The van der Waals surface area contributed by atoms with Crippen molar-refractivity contribution >= 4 is 77.6 Å². The van der Waals surface area contributed by atoms with Gasteiger partial charge in [-0.1, -0.05) is 133 Å². The van der Waals surface area contributed by atoms with E-state index >= 15 is 0 Å². The van der Waals surface area contributed by atoms with Crippen LogP contribution in [0, 0.1) is 0 Å². The number of nitrogens with zero attached hydrogens (tertiary/aromatic N) is 4. The van der Waals surface area contributed by atoms with E-state index in [0.29, 0.717) is 0 Å². The molecule has 0 amide bonds. The Bertz CT molecular complexity index is 3890. The van der Waals surface area contributed by atoms with Gasteiger partial charge in [0.15, 0.2) is 0 Å². The van der Waals surface area contributed by atoms with Crippen LogP contribution in [0.25, 0.3) is 100 Å². The van der Waals surface area contributed by atoms with Crippen LogP contribution in [0.15, 0.2) is 200 Å². The Kier molecular flexibility index (Phi) is 7.96. The zero-order valence-corrected chi connectivity index (χ0v) is 35.9. The first-order chi connectivity index (χ1) is 32.2. The maximum Gasteiger partial charge on any atom is 0.0567 e. The van der Waals surface area contributed by atoms with Gasteiger partial charge in [-0.05, 0) is 120 Å². The van der Waals surface area contributed by atoms with Gasteiger partial charge in [0.25, 0.3) is 0 Å². The van der Waals surface area contributed by atoms with Crippen molar-refractivity contribution in [3.63, 3.8) is 0 Å². The third-order valence-electron chi connectivity index (χ3n) is 14.4. The lowest BCUT2D eigenvalue weighted by molar-refractivity contribution is 0.636. The molecule has 4 nitrogen and oxygen atoms in total. The van der Waals surface area contributed by atoms with Gasteiger partial charge >= 0.3 is 0 Å². The first-order valence-electron chi connectivity index (χ1n) is 23.0. The molecule has 0 aliphatic heterocycles. The largest absolute Gasteiger partial charge is 0.336 e. The van der Waals surface area contributed by atoms with Crippen molar-refractivity contribution in [2.24, 2.45) is 0 Å². The molecule has 0 fully saturated rings. The van der Waals surface area contributed by atoms with Gasteiger partial charge in [-0.25, -0.2) is 0 Å². The molecule has 1 atom stereocenters. The maximum atomic E-state index is 2.57. The van der Waals surface area contributed by atoms with Crippen molar-refractivity contribution in [2.45, 2.75) is 31.8 Å². The zero-order valence-electron chi connectivity index (χ0n) is 35.9. The van der Waals surface area contributed by atoms with E-state index in [-0.39, 0.29) is 6.04 Å². The number of para-hydroxylation sites is 4. The van der Waals surface area contributed by atoms with Crippen LogP contribution < -0.4 is 0 Å². The Labute approximate surface area is 376 Å². The third-order valence-corrected chi connectivity index (χ3v) is 14.4. The summed E-state index contributed by atoms with van der Waals surface area (Å²) < 4.78 is 10.1. The van der Waals surface area contributed by atoms with E-state index in [0.717, 1.165) is 25.8 Å². The number of benzene rings is 8. The molecular weight excluding hydrogens is 789 g/mol. The van der Waals surface area contributed by atoms with Crippen LogP contribution in [0.1, 0.15) is 40.5 Å². The summed E-state index contributed by atoms with van der Waals surface area (Å²) in [6, 6.07) is 70.1. The minimum Gasteiger partial charge on any atom is -0.336 e. The molecule has 12 aromatic rings. The van der Waals surface area contributed by atoms with Crippen molar-refractivity contribution < 1.29 is 0 Å². The predicted octanol–water partition coefficient (Wildman–Crippen LogP) is 15.3. The Hall–Kier alpha value is -8.08. The summed E-state index contributed by atoms with van der Waals surface area (Å²) in [6.45, 7) is 0.803. The highest BCUT2D eigenvalue weighted by Crippen LogP contribution is 2.43. The molecule has 1 unspecified atom stereocenters. The van der Waals surface area contributed by atoms with Gasteiger partial charge in [0.1, 0.15) is 0 Å². The van der Waals surface area contributed by atoms with Crippen LogP contribution in [0.3, 0.4) is 0 Å². The molecule has 0 N–H and O–H groups in total. The monoisotopic (exact) mass is 832 g/mol. The minimum absolute atomic E-state index is 0.172. The van der Waals surface area contributed by atoms with Gasteiger partial charge in [0.2, 0.25) is 0 Å². The van der Waals surface area contributed by atoms with E-state index in [2.05, 4.69) is 231 Å².